The van der Waals surface area contributed by atoms with Gasteiger partial charge < -0.3 is 0 Å². The number of halogens is 2. The fourth-order valence-electron chi connectivity index (χ4n) is 6.97. The van der Waals surface area contributed by atoms with E-state index in [2.05, 4.69) is 78.9 Å². The fraction of sp³-hybridized carbons (Fsp3) is 0. The summed E-state index contributed by atoms with van der Waals surface area (Å²) in [6.45, 7) is 0. The van der Waals surface area contributed by atoms with Crippen LogP contribution in [-0.2, 0) is 0 Å². The average molecular weight is 609 g/mol. The number of thiophene rings is 1. The van der Waals surface area contributed by atoms with Crippen LogP contribution in [0.3, 0.4) is 0 Å². The van der Waals surface area contributed by atoms with Crippen molar-refractivity contribution in [2.24, 2.45) is 0 Å². The van der Waals surface area contributed by atoms with Crippen LogP contribution in [0.1, 0.15) is 0 Å². The molecule has 0 nitrogen and oxygen atoms in total. The van der Waals surface area contributed by atoms with Gasteiger partial charge in [-0.15, -0.1) is 34.0 Å². The zero-order chi connectivity index (χ0) is 28.4. The number of hydrogen-bond donors (Lipinski definition) is 0. The summed E-state index contributed by atoms with van der Waals surface area (Å²) in [5, 5.41) is 7.12. The topological polar surface area (TPSA) is 0 Å². The number of hydrogen-bond acceptors (Lipinski definition) is 3. The van der Waals surface area contributed by atoms with E-state index in [4.69, 9.17) is 0 Å². The van der Waals surface area contributed by atoms with Crippen molar-refractivity contribution in [1.82, 2.24) is 0 Å². The standard InChI is InChI=1S/C38H18F2S3/c39-27-11-4-8-22(36(27)40)26-18-31-35-33-21(26)7-5-13-29(33)41-30-17-15-19-14-16-25(38(43-31)32(19)34(30)35)24-10-3-9-23-20-6-1-2-12-28(20)42-37(23)24/h1-18H. The van der Waals surface area contributed by atoms with Gasteiger partial charge in [0.25, 0.3) is 0 Å². The Morgan fingerprint density at radius 3 is 2.07 bits per heavy atom. The first kappa shape index (κ1) is 24.1. The van der Waals surface area contributed by atoms with E-state index in [1.807, 2.05) is 23.5 Å². The molecule has 0 aliphatic carbocycles. The van der Waals surface area contributed by atoms with Crippen LogP contribution >= 0.6 is 34.0 Å². The molecule has 3 heterocycles. The van der Waals surface area contributed by atoms with Crippen LogP contribution < -0.4 is 0 Å². The van der Waals surface area contributed by atoms with E-state index < -0.39 is 11.6 Å². The molecule has 202 valence electrons. The van der Waals surface area contributed by atoms with Crippen LogP contribution in [0.25, 0.3) is 93.9 Å². The van der Waals surface area contributed by atoms with Crippen molar-refractivity contribution >= 4 is 94.5 Å². The Kier molecular flexibility index (Phi) is 4.80. The number of rotatable bonds is 2. The molecule has 0 amide bonds. The molecular weight excluding hydrogens is 591 g/mol. The third kappa shape index (κ3) is 3.17. The molecule has 5 heteroatoms. The Morgan fingerprint density at radius 1 is 0.419 bits per heavy atom. The zero-order valence-electron chi connectivity index (χ0n) is 22.4. The van der Waals surface area contributed by atoms with E-state index >= 15 is 4.39 Å². The quantitative estimate of drug-likeness (QED) is 0.135. The Labute approximate surface area is 256 Å². The molecule has 0 saturated heterocycles. The molecule has 0 atom stereocenters. The second kappa shape index (κ2) is 8.57. The lowest BCUT2D eigenvalue weighted by Crippen LogP contribution is -1.96. The lowest BCUT2D eigenvalue weighted by Gasteiger charge is -2.23. The van der Waals surface area contributed by atoms with Crippen LogP contribution in [0.2, 0.25) is 0 Å². The van der Waals surface area contributed by atoms with Crippen molar-refractivity contribution in [3.8, 4) is 33.4 Å². The molecule has 8 aromatic rings. The van der Waals surface area contributed by atoms with Crippen molar-refractivity contribution in [2.45, 2.75) is 0 Å². The molecule has 43 heavy (non-hydrogen) atoms. The van der Waals surface area contributed by atoms with Crippen molar-refractivity contribution < 1.29 is 8.78 Å². The van der Waals surface area contributed by atoms with Gasteiger partial charge in [0.2, 0.25) is 0 Å². The zero-order valence-corrected chi connectivity index (χ0v) is 24.8. The fourth-order valence-corrected chi connectivity index (χ4v) is 10.7. The van der Waals surface area contributed by atoms with Gasteiger partial charge in [0.1, 0.15) is 0 Å². The highest BCUT2D eigenvalue weighted by Gasteiger charge is 2.26. The highest BCUT2D eigenvalue weighted by Crippen LogP contribution is 2.55. The Morgan fingerprint density at radius 2 is 1.12 bits per heavy atom. The second-order valence-corrected chi connectivity index (χ2v) is 14.2. The summed E-state index contributed by atoms with van der Waals surface area (Å²) in [5.74, 6) is -1.63. The molecule has 0 fully saturated rings. The van der Waals surface area contributed by atoms with Gasteiger partial charge in [-0.25, -0.2) is 8.78 Å². The molecule has 1 aromatic heterocycles. The normalized spacial score (nSPS) is 12.4. The summed E-state index contributed by atoms with van der Waals surface area (Å²) in [7, 11) is 0. The molecule has 0 N–H and O–H groups in total. The largest absolute Gasteiger partial charge is 0.204 e. The highest BCUT2D eigenvalue weighted by molar-refractivity contribution is 7.28. The molecular formula is C38H18F2S3. The number of benzene rings is 7. The summed E-state index contributed by atoms with van der Waals surface area (Å²) in [6, 6.07) is 37.0. The van der Waals surface area contributed by atoms with Gasteiger partial charge in [0, 0.05) is 77.6 Å². The van der Waals surface area contributed by atoms with E-state index in [0.29, 0.717) is 5.56 Å². The molecule has 2 aliphatic heterocycles. The van der Waals surface area contributed by atoms with Crippen molar-refractivity contribution in [3.05, 3.63) is 121 Å². The highest BCUT2D eigenvalue weighted by atomic mass is 32.1. The average Bonchev–Trinajstić information content (AvgIpc) is 3.43. The maximum absolute atomic E-state index is 15.3. The first-order valence-electron chi connectivity index (χ1n) is 14.1. The summed E-state index contributed by atoms with van der Waals surface area (Å²) in [6.07, 6.45) is 0. The van der Waals surface area contributed by atoms with E-state index in [1.54, 1.807) is 34.8 Å². The molecule has 2 aliphatic rings. The molecule has 0 unspecified atom stereocenters. The van der Waals surface area contributed by atoms with Crippen LogP contribution in [-0.4, -0.2) is 0 Å². The Balaban J connectivity index is 1.40. The lowest BCUT2D eigenvalue weighted by molar-refractivity contribution is 0.511. The molecule has 0 spiro atoms. The van der Waals surface area contributed by atoms with Gasteiger partial charge in [-0.2, -0.15) is 0 Å². The summed E-state index contributed by atoms with van der Waals surface area (Å²) in [5.41, 5.74) is 5.92. The van der Waals surface area contributed by atoms with Crippen LogP contribution in [0.5, 0.6) is 0 Å². The van der Waals surface area contributed by atoms with Crippen molar-refractivity contribution in [1.29, 1.82) is 0 Å². The van der Waals surface area contributed by atoms with E-state index in [1.165, 1.54) is 68.7 Å². The van der Waals surface area contributed by atoms with E-state index in [9.17, 15) is 4.39 Å². The van der Waals surface area contributed by atoms with Gasteiger partial charge in [0.15, 0.2) is 11.6 Å². The van der Waals surface area contributed by atoms with Gasteiger partial charge in [-0.05, 0) is 46.7 Å². The first-order valence-corrected chi connectivity index (χ1v) is 16.5. The van der Waals surface area contributed by atoms with E-state index in [-0.39, 0.29) is 0 Å². The minimum Gasteiger partial charge on any atom is -0.204 e. The third-order valence-corrected chi connectivity index (χ3v) is 12.3. The van der Waals surface area contributed by atoms with Gasteiger partial charge in [-0.1, -0.05) is 78.9 Å². The van der Waals surface area contributed by atoms with E-state index in [0.717, 1.165) is 25.7 Å². The maximum Gasteiger partial charge on any atom is 0.166 e. The predicted octanol–water partition coefficient (Wildman–Crippen LogP) is 12.9. The van der Waals surface area contributed by atoms with Gasteiger partial charge in [0.05, 0.1) is 0 Å². The Bertz CT molecular complexity index is 2710. The molecule has 10 rings (SSSR count). The second-order valence-electron chi connectivity index (χ2n) is 11.0. The van der Waals surface area contributed by atoms with Crippen LogP contribution in [0.4, 0.5) is 8.78 Å². The van der Waals surface area contributed by atoms with Crippen LogP contribution in [0, 0.1) is 11.6 Å². The summed E-state index contributed by atoms with van der Waals surface area (Å²) < 4.78 is 37.1. The summed E-state index contributed by atoms with van der Waals surface area (Å²) >= 11 is 5.37. The monoisotopic (exact) mass is 608 g/mol. The smallest absolute Gasteiger partial charge is 0.166 e. The van der Waals surface area contributed by atoms with Gasteiger partial charge >= 0.3 is 0 Å². The minimum absolute atomic E-state index is 0.295. The SMILES string of the molecule is Fc1cccc(-c2cc3sc4c(-c5cccc6c5sc5ccccc56)ccc5ccc6sc7cccc2c7c3-c6c54)c1F. The lowest BCUT2D eigenvalue weighted by atomic mass is 9.88. The minimum atomic E-state index is -0.829. The van der Waals surface area contributed by atoms with Gasteiger partial charge in [-0.3, -0.25) is 0 Å². The molecule has 0 bridgehead atoms. The molecule has 7 aromatic carbocycles. The first-order chi connectivity index (χ1) is 21.2. The predicted molar refractivity (Wildman–Crippen MR) is 184 cm³/mol. The molecule has 0 radical (unpaired) electrons. The third-order valence-electron chi connectivity index (χ3n) is 8.81. The maximum atomic E-state index is 15.3. The summed E-state index contributed by atoms with van der Waals surface area (Å²) in [4.78, 5) is 0. The van der Waals surface area contributed by atoms with Crippen LogP contribution in [0.15, 0.2) is 109 Å². The number of fused-ring (bicyclic) bond motifs is 3. The molecule has 0 saturated carbocycles. The Hall–Kier alpha value is -4.42. The van der Waals surface area contributed by atoms with Crippen molar-refractivity contribution in [2.75, 3.05) is 0 Å². The van der Waals surface area contributed by atoms with Crippen molar-refractivity contribution in [3.63, 3.8) is 0 Å².